The van der Waals surface area contributed by atoms with Crippen LogP contribution >= 0.6 is 15.9 Å². The maximum Gasteiger partial charge on any atom is 0.131 e. The van der Waals surface area contributed by atoms with E-state index in [9.17, 15) is 5.11 Å². The molecule has 1 aliphatic carbocycles. The van der Waals surface area contributed by atoms with Crippen molar-refractivity contribution in [3.05, 3.63) is 22.2 Å². The summed E-state index contributed by atoms with van der Waals surface area (Å²) in [5.74, 6) is 1.31. The molecule has 0 aliphatic heterocycles. The van der Waals surface area contributed by atoms with Gasteiger partial charge in [-0.2, -0.15) is 0 Å². The monoisotopic (exact) mass is 271 g/mol. The summed E-state index contributed by atoms with van der Waals surface area (Å²) >= 11 is 3.32. The lowest BCUT2D eigenvalue weighted by Crippen LogP contribution is -2.18. The summed E-state index contributed by atoms with van der Waals surface area (Å²) in [5.41, 5.74) is 6.02. The molecule has 0 saturated heterocycles. The van der Waals surface area contributed by atoms with E-state index in [0.29, 0.717) is 11.6 Å². The lowest BCUT2D eigenvalue weighted by Gasteiger charge is -2.24. The lowest BCUT2D eigenvalue weighted by atomic mass is 9.85. The van der Waals surface area contributed by atoms with Crippen LogP contribution in [0.1, 0.15) is 42.8 Å². The summed E-state index contributed by atoms with van der Waals surface area (Å²) in [5, 5.41) is 9.66. The van der Waals surface area contributed by atoms with Gasteiger partial charge >= 0.3 is 0 Å². The molecule has 1 unspecified atom stereocenters. The second-order valence-corrected chi connectivity index (χ2v) is 4.70. The van der Waals surface area contributed by atoms with Gasteiger partial charge < -0.3 is 10.8 Å². The molecule has 82 valence electrons. The van der Waals surface area contributed by atoms with Crippen LogP contribution in [0.15, 0.2) is 10.7 Å². The van der Waals surface area contributed by atoms with E-state index >= 15 is 0 Å². The highest BCUT2D eigenvalue weighted by Gasteiger charge is 2.24. The molecule has 4 nitrogen and oxygen atoms in total. The molecule has 0 spiro atoms. The Kier molecular flexibility index (Phi) is 3.33. The lowest BCUT2D eigenvalue weighted by molar-refractivity contribution is 0.180. The van der Waals surface area contributed by atoms with Crippen LogP contribution in [0.2, 0.25) is 0 Å². The minimum atomic E-state index is -0.707. The van der Waals surface area contributed by atoms with Gasteiger partial charge in [0.1, 0.15) is 11.9 Å². The van der Waals surface area contributed by atoms with Crippen LogP contribution in [0.5, 0.6) is 0 Å². The molecular weight excluding hydrogens is 258 g/mol. The van der Waals surface area contributed by atoms with Gasteiger partial charge in [0.25, 0.3) is 0 Å². The van der Waals surface area contributed by atoms with Gasteiger partial charge in [0, 0.05) is 18.7 Å². The number of aliphatic hydroxyl groups is 1. The molecule has 0 amide bonds. The second-order valence-electron chi connectivity index (χ2n) is 3.84. The third-order valence-electron chi connectivity index (χ3n) is 2.80. The Morgan fingerprint density at radius 3 is 2.87 bits per heavy atom. The Hall–Kier alpha value is -0.520. The van der Waals surface area contributed by atoms with Crippen molar-refractivity contribution in [1.82, 2.24) is 9.97 Å². The smallest absolute Gasteiger partial charge is 0.131 e. The molecule has 1 fully saturated rings. The summed E-state index contributed by atoms with van der Waals surface area (Å²) in [6.45, 7) is 0.180. The van der Waals surface area contributed by atoms with Crippen molar-refractivity contribution in [3.8, 4) is 0 Å². The van der Waals surface area contributed by atoms with Crippen LogP contribution < -0.4 is 5.73 Å². The molecule has 1 aliphatic rings. The molecule has 0 bridgehead atoms. The fourth-order valence-corrected chi connectivity index (χ4v) is 2.06. The van der Waals surface area contributed by atoms with E-state index in [1.54, 1.807) is 6.20 Å². The van der Waals surface area contributed by atoms with Gasteiger partial charge in [-0.05, 0) is 28.8 Å². The predicted octanol–water partition coefficient (Wildman–Crippen LogP) is 1.50. The van der Waals surface area contributed by atoms with Gasteiger partial charge in [0.15, 0.2) is 0 Å². The van der Waals surface area contributed by atoms with E-state index in [4.69, 9.17) is 5.73 Å². The van der Waals surface area contributed by atoms with Gasteiger partial charge in [0.2, 0.25) is 0 Å². The quantitative estimate of drug-likeness (QED) is 0.874. The summed E-state index contributed by atoms with van der Waals surface area (Å²) in [6.07, 6.45) is 4.55. The number of nitrogens with two attached hydrogens (primary N) is 1. The molecule has 1 atom stereocenters. The average Bonchev–Trinajstić information content (AvgIpc) is 2.17. The molecule has 0 radical (unpaired) electrons. The van der Waals surface area contributed by atoms with E-state index in [-0.39, 0.29) is 6.54 Å². The summed E-state index contributed by atoms with van der Waals surface area (Å²) in [4.78, 5) is 8.64. The van der Waals surface area contributed by atoms with Crippen LogP contribution in [0.3, 0.4) is 0 Å². The van der Waals surface area contributed by atoms with Crippen LogP contribution in [0.25, 0.3) is 0 Å². The molecule has 2 rings (SSSR count). The van der Waals surface area contributed by atoms with Gasteiger partial charge in [-0.3, -0.25) is 0 Å². The highest BCUT2D eigenvalue weighted by atomic mass is 79.9. The van der Waals surface area contributed by atoms with Crippen molar-refractivity contribution in [3.63, 3.8) is 0 Å². The Morgan fingerprint density at radius 2 is 2.33 bits per heavy atom. The van der Waals surface area contributed by atoms with Crippen molar-refractivity contribution >= 4 is 15.9 Å². The topological polar surface area (TPSA) is 72.0 Å². The van der Waals surface area contributed by atoms with Crippen LogP contribution in [0, 0.1) is 0 Å². The maximum absolute atomic E-state index is 9.66. The van der Waals surface area contributed by atoms with Gasteiger partial charge in [0.05, 0.1) is 10.2 Å². The van der Waals surface area contributed by atoms with Crippen molar-refractivity contribution in [2.75, 3.05) is 6.54 Å². The first-order chi connectivity index (χ1) is 7.22. The summed E-state index contributed by atoms with van der Waals surface area (Å²) in [6, 6.07) is 0. The van der Waals surface area contributed by atoms with Crippen LogP contribution in [-0.4, -0.2) is 21.6 Å². The first kappa shape index (κ1) is 11.0. The Balaban J connectivity index is 2.27. The zero-order chi connectivity index (χ0) is 10.8. The number of rotatable bonds is 3. The number of nitrogens with zero attached hydrogens (tertiary/aromatic N) is 2. The highest BCUT2D eigenvalue weighted by molar-refractivity contribution is 9.10. The second kappa shape index (κ2) is 4.55. The first-order valence-electron chi connectivity index (χ1n) is 5.13. The third-order valence-corrected chi connectivity index (χ3v) is 3.41. The zero-order valence-electron chi connectivity index (χ0n) is 8.36. The normalized spacial score (nSPS) is 18.6. The molecule has 1 aromatic heterocycles. The fraction of sp³-hybridized carbons (Fsp3) is 0.600. The molecule has 1 saturated carbocycles. The molecule has 1 aromatic rings. The average molecular weight is 272 g/mol. The molecule has 0 aromatic carbocycles. The van der Waals surface area contributed by atoms with E-state index < -0.39 is 6.10 Å². The van der Waals surface area contributed by atoms with E-state index in [1.807, 2.05) is 0 Å². The first-order valence-corrected chi connectivity index (χ1v) is 5.92. The summed E-state index contributed by atoms with van der Waals surface area (Å²) < 4.78 is 0.725. The van der Waals surface area contributed by atoms with E-state index in [1.165, 1.54) is 6.42 Å². The van der Waals surface area contributed by atoms with Gasteiger partial charge in [-0.15, -0.1) is 0 Å². The van der Waals surface area contributed by atoms with Gasteiger partial charge in [-0.25, -0.2) is 9.97 Å². The molecule has 1 heterocycles. The zero-order valence-corrected chi connectivity index (χ0v) is 9.94. The van der Waals surface area contributed by atoms with Crippen molar-refractivity contribution < 1.29 is 5.11 Å². The number of aromatic nitrogens is 2. The molecule has 15 heavy (non-hydrogen) atoms. The number of hydrogen-bond donors (Lipinski definition) is 2. The SMILES string of the molecule is NCC(O)c1nc(C2CCC2)ncc1Br. The Bertz CT molecular complexity index is 355. The third kappa shape index (κ3) is 2.19. The molecule has 5 heteroatoms. The van der Waals surface area contributed by atoms with E-state index in [2.05, 4.69) is 25.9 Å². The molecular formula is C10H14BrN3O. The van der Waals surface area contributed by atoms with Crippen molar-refractivity contribution in [1.29, 1.82) is 0 Å². The Morgan fingerprint density at radius 1 is 1.60 bits per heavy atom. The minimum Gasteiger partial charge on any atom is -0.385 e. The standard InChI is InChI=1S/C10H14BrN3O/c11-7-5-13-10(6-2-1-3-6)14-9(7)8(15)4-12/h5-6,8,15H,1-4,12H2. The maximum atomic E-state index is 9.66. The number of hydrogen-bond acceptors (Lipinski definition) is 4. The molecule has 3 N–H and O–H groups in total. The minimum absolute atomic E-state index is 0.180. The van der Waals surface area contributed by atoms with Crippen LogP contribution in [0.4, 0.5) is 0 Å². The predicted molar refractivity (Wildman–Crippen MR) is 60.3 cm³/mol. The largest absolute Gasteiger partial charge is 0.385 e. The van der Waals surface area contributed by atoms with Crippen molar-refractivity contribution in [2.24, 2.45) is 5.73 Å². The van der Waals surface area contributed by atoms with E-state index in [0.717, 1.165) is 23.1 Å². The fourth-order valence-electron chi connectivity index (χ4n) is 1.60. The van der Waals surface area contributed by atoms with Crippen molar-refractivity contribution in [2.45, 2.75) is 31.3 Å². The van der Waals surface area contributed by atoms with Gasteiger partial charge in [-0.1, -0.05) is 6.42 Å². The highest BCUT2D eigenvalue weighted by Crippen LogP contribution is 2.35. The Labute approximate surface area is 97.1 Å². The summed E-state index contributed by atoms with van der Waals surface area (Å²) in [7, 11) is 0. The van der Waals surface area contributed by atoms with Crippen LogP contribution in [-0.2, 0) is 0 Å². The number of halogens is 1. The number of aliphatic hydroxyl groups excluding tert-OH is 1.